The number of nitriles is 1. The maximum atomic E-state index is 12.6. The quantitative estimate of drug-likeness (QED) is 0.269. The third kappa shape index (κ3) is 5.49. The molecule has 0 aromatic heterocycles. The average Bonchev–Trinajstić information content (AvgIpc) is 3.06. The molecular formula is C14H21N2O8PS. The highest BCUT2D eigenvalue weighted by Gasteiger charge is 2.40. The number of aliphatic hydroxyl groups is 2. The number of nitrogens with one attached hydrogen (secondary N) is 1. The van der Waals surface area contributed by atoms with E-state index in [1.807, 2.05) is 5.40 Å². The Balaban J connectivity index is 2.96. The van der Waals surface area contributed by atoms with Crippen LogP contribution in [0, 0.1) is 16.1 Å². The van der Waals surface area contributed by atoms with Crippen LogP contribution in [-0.2, 0) is 18.7 Å². The predicted octanol–water partition coefficient (Wildman–Crippen LogP) is -0.187. The lowest BCUT2D eigenvalue weighted by Crippen LogP contribution is -2.48. The highest BCUT2D eigenvalue weighted by molar-refractivity contribution is 8.52. The van der Waals surface area contributed by atoms with Crippen molar-refractivity contribution in [2.45, 2.75) is 26.1 Å². The number of hydrogen-bond donors (Lipinski definition) is 5. The van der Waals surface area contributed by atoms with Crippen molar-refractivity contribution in [3.8, 4) is 5.40 Å². The van der Waals surface area contributed by atoms with Crippen LogP contribution < -0.4 is 5.32 Å². The Kier molecular flexibility index (Phi) is 7.33. The molecule has 1 rings (SSSR count). The molecule has 0 saturated heterocycles. The van der Waals surface area contributed by atoms with Crippen molar-refractivity contribution in [3.05, 3.63) is 23.0 Å². The van der Waals surface area contributed by atoms with E-state index in [4.69, 9.17) is 9.79 Å². The van der Waals surface area contributed by atoms with E-state index in [1.54, 1.807) is 0 Å². The number of rotatable bonds is 8. The molecule has 1 unspecified atom stereocenters. The maximum absolute atomic E-state index is 12.6. The number of nitrogens with zero attached hydrogens (tertiary/aromatic N) is 1. The van der Waals surface area contributed by atoms with E-state index < -0.39 is 59.6 Å². The average molecular weight is 408 g/mol. The van der Waals surface area contributed by atoms with E-state index in [1.165, 1.54) is 36.8 Å². The maximum Gasteiger partial charge on any atom is 0.470 e. The van der Waals surface area contributed by atoms with Gasteiger partial charge in [0.05, 0.1) is 13.2 Å². The second-order valence-corrected chi connectivity index (χ2v) is 9.90. The van der Waals surface area contributed by atoms with Gasteiger partial charge in [0.15, 0.2) is 6.10 Å². The molecule has 0 fully saturated rings. The Morgan fingerprint density at radius 3 is 2.31 bits per heavy atom. The lowest BCUT2D eigenvalue weighted by molar-refractivity contribution is -0.137. The number of allylic oxidation sites excluding steroid dienone is 2. The van der Waals surface area contributed by atoms with Crippen molar-refractivity contribution in [3.63, 3.8) is 0 Å². The van der Waals surface area contributed by atoms with E-state index >= 15 is 0 Å². The molecule has 10 nitrogen and oxygen atoms in total. The number of carbonyl (C=O) groups excluding carboxylic acids is 2. The summed E-state index contributed by atoms with van der Waals surface area (Å²) < 4.78 is 15.6. The number of carbonyl (C=O) groups is 2. The van der Waals surface area contributed by atoms with Crippen molar-refractivity contribution in [1.29, 1.82) is 5.26 Å². The van der Waals surface area contributed by atoms with Crippen LogP contribution >= 0.6 is 17.9 Å². The van der Waals surface area contributed by atoms with Gasteiger partial charge >= 0.3 is 7.82 Å². The molecule has 0 bridgehead atoms. The summed E-state index contributed by atoms with van der Waals surface area (Å²) in [5.74, 6) is -0.963. The minimum absolute atomic E-state index is 0.500. The Labute approximate surface area is 151 Å². The molecule has 0 saturated carbocycles. The molecule has 0 aromatic rings. The number of phosphoric ester groups is 1. The van der Waals surface area contributed by atoms with Gasteiger partial charge in [-0.25, -0.2) is 4.57 Å². The summed E-state index contributed by atoms with van der Waals surface area (Å²) >= 11 is 0. The SMILES string of the molecule is CC(C)(CO)[C@@H](O)C(=O)NCC(OP(=O)(O)O)C(=O)S1(C#N)C=CC=C1. The smallest absolute Gasteiger partial charge is 0.396 e. The molecule has 0 radical (unpaired) electrons. The molecular weight excluding hydrogens is 387 g/mol. The first-order valence-electron chi connectivity index (χ1n) is 7.32. The first-order valence-corrected chi connectivity index (χ1v) is 10.6. The summed E-state index contributed by atoms with van der Waals surface area (Å²) in [6.07, 6.45) is -0.526. The Morgan fingerprint density at radius 2 is 1.88 bits per heavy atom. The zero-order chi connectivity index (χ0) is 20.2. The minimum atomic E-state index is -5.10. The minimum Gasteiger partial charge on any atom is -0.396 e. The zero-order valence-electron chi connectivity index (χ0n) is 14.1. The van der Waals surface area contributed by atoms with Crippen molar-refractivity contribution in [1.82, 2.24) is 5.32 Å². The normalized spacial score (nSPS) is 19.4. The molecule has 1 heterocycles. The fraction of sp³-hybridized carbons (Fsp3) is 0.500. The second-order valence-electron chi connectivity index (χ2n) is 6.16. The molecule has 146 valence electrons. The van der Waals surface area contributed by atoms with E-state index in [2.05, 4.69) is 9.84 Å². The molecule has 1 aliphatic rings. The standard InChI is InChI=1S/C14H21N2O8PS/c1-14(2,8-17)11(18)12(19)16-7-10(24-25(21,22)23)13(20)26(9-15)5-3-4-6-26/h3-6,10-11,17-18H,7-8H2,1-2H3,(H,16,19)(H2,21,22,23)/t10?,11-/m0/s1. The lowest BCUT2D eigenvalue weighted by atomic mass is 9.87. The largest absolute Gasteiger partial charge is 0.470 e. The van der Waals surface area contributed by atoms with E-state index in [0.29, 0.717) is 0 Å². The summed E-state index contributed by atoms with van der Waals surface area (Å²) in [7, 11) is -7.86. The number of amides is 1. The van der Waals surface area contributed by atoms with Crippen molar-refractivity contribution in [2.75, 3.05) is 13.2 Å². The van der Waals surface area contributed by atoms with E-state index in [9.17, 15) is 29.6 Å². The van der Waals surface area contributed by atoms with Gasteiger partial charge < -0.3 is 25.3 Å². The van der Waals surface area contributed by atoms with Gasteiger partial charge in [-0.3, -0.25) is 14.1 Å². The van der Waals surface area contributed by atoms with E-state index in [-0.39, 0.29) is 0 Å². The van der Waals surface area contributed by atoms with Crippen molar-refractivity contribution < 1.29 is 38.7 Å². The van der Waals surface area contributed by atoms with E-state index in [0.717, 1.165) is 0 Å². The molecule has 1 amide bonds. The van der Waals surface area contributed by atoms with Gasteiger partial charge in [0.2, 0.25) is 11.0 Å². The molecule has 12 heteroatoms. The van der Waals surface area contributed by atoms with Crippen LogP contribution in [0.2, 0.25) is 0 Å². The number of aliphatic hydroxyl groups excluding tert-OH is 2. The summed E-state index contributed by atoms with van der Waals surface area (Å²) in [5.41, 5.74) is -1.18. The Morgan fingerprint density at radius 1 is 1.35 bits per heavy atom. The number of hydrogen-bond acceptors (Lipinski definition) is 7. The zero-order valence-corrected chi connectivity index (χ0v) is 15.8. The van der Waals surface area contributed by atoms with Gasteiger partial charge in [0.1, 0.15) is 11.5 Å². The molecule has 26 heavy (non-hydrogen) atoms. The van der Waals surface area contributed by atoms with Gasteiger partial charge in [-0.1, -0.05) is 26.0 Å². The first-order chi connectivity index (χ1) is 11.9. The highest BCUT2D eigenvalue weighted by Crippen LogP contribution is 2.55. The van der Waals surface area contributed by atoms with Crippen LogP contribution in [0.5, 0.6) is 0 Å². The first kappa shape index (κ1) is 22.5. The molecule has 0 aromatic carbocycles. The fourth-order valence-corrected chi connectivity index (χ4v) is 4.29. The van der Waals surface area contributed by atoms with Crippen molar-refractivity contribution in [2.24, 2.45) is 5.41 Å². The highest BCUT2D eigenvalue weighted by atomic mass is 32.3. The number of phosphoric acid groups is 1. The van der Waals surface area contributed by atoms with Crippen molar-refractivity contribution >= 4 is 28.9 Å². The summed E-state index contributed by atoms with van der Waals surface area (Å²) in [6.45, 7) is 1.68. The summed E-state index contributed by atoms with van der Waals surface area (Å²) in [6, 6.07) is 0. The predicted molar refractivity (Wildman–Crippen MR) is 93.3 cm³/mol. The molecule has 0 aliphatic carbocycles. The summed E-state index contributed by atoms with van der Waals surface area (Å²) in [5, 5.41) is 34.1. The fourth-order valence-electron chi connectivity index (χ4n) is 1.90. The van der Waals surface area contributed by atoms with Gasteiger partial charge in [-0.2, -0.15) is 5.26 Å². The van der Waals surface area contributed by atoms with Crippen LogP contribution in [0.1, 0.15) is 13.8 Å². The van der Waals surface area contributed by atoms with Crippen LogP contribution in [0.3, 0.4) is 0 Å². The molecule has 1 aliphatic heterocycles. The van der Waals surface area contributed by atoms with Gasteiger partial charge in [0, 0.05) is 5.41 Å². The van der Waals surface area contributed by atoms with Crippen LogP contribution in [0.25, 0.3) is 0 Å². The summed E-state index contributed by atoms with van der Waals surface area (Å²) in [4.78, 5) is 42.6. The third-order valence-corrected chi connectivity index (χ3v) is 6.50. The van der Waals surface area contributed by atoms with Gasteiger partial charge in [-0.05, 0) is 20.8 Å². The van der Waals surface area contributed by atoms with Crippen LogP contribution in [0.15, 0.2) is 23.0 Å². The van der Waals surface area contributed by atoms with Crippen LogP contribution in [-0.4, -0.2) is 56.4 Å². The lowest BCUT2D eigenvalue weighted by Gasteiger charge is -2.29. The van der Waals surface area contributed by atoms with Crippen LogP contribution in [0.4, 0.5) is 0 Å². The Bertz CT molecular complexity index is 696. The molecule has 2 atom stereocenters. The van der Waals surface area contributed by atoms with Gasteiger partial charge in [-0.15, -0.1) is 0 Å². The topological polar surface area (TPSA) is 177 Å². The van der Waals surface area contributed by atoms with Gasteiger partial charge in [0.25, 0.3) is 0 Å². The Hall–Kier alpha value is -1.51. The molecule has 0 spiro atoms. The third-order valence-electron chi connectivity index (χ3n) is 3.57. The monoisotopic (exact) mass is 408 g/mol. The number of thiocyanates is 1. The molecule has 5 N–H and O–H groups in total. The second kappa shape index (κ2) is 8.45.